The number of ether oxygens (including phenoxy) is 2. The fourth-order valence-corrected chi connectivity index (χ4v) is 3.29. The third-order valence-corrected chi connectivity index (χ3v) is 4.67. The summed E-state index contributed by atoms with van der Waals surface area (Å²) in [6, 6.07) is 12.1. The SMILES string of the molecule is CCC(C)C(CC)c1cccc2c(OC(=O)OC(C)(C)C)cccc12. The summed E-state index contributed by atoms with van der Waals surface area (Å²) in [6.45, 7) is 12.2. The fraction of sp³-hybridized carbons (Fsp3) is 0.500. The third kappa shape index (κ3) is 4.75. The molecule has 0 saturated heterocycles. The van der Waals surface area contributed by atoms with E-state index in [2.05, 4.69) is 32.9 Å². The molecule has 0 N–H and O–H groups in total. The Bertz CT molecular complexity index is 728. The lowest BCUT2D eigenvalue weighted by Crippen LogP contribution is -2.26. The van der Waals surface area contributed by atoms with Crippen molar-refractivity contribution in [1.82, 2.24) is 0 Å². The molecule has 0 aliphatic carbocycles. The van der Waals surface area contributed by atoms with Crippen molar-refractivity contribution in [2.75, 3.05) is 0 Å². The zero-order valence-electron chi connectivity index (χ0n) is 16.3. The number of rotatable bonds is 5. The zero-order chi connectivity index (χ0) is 18.6. The molecular formula is C22H30O3. The zero-order valence-corrected chi connectivity index (χ0v) is 16.3. The van der Waals surface area contributed by atoms with E-state index in [0.29, 0.717) is 17.6 Å². The van der Waals surface area contributed by atoms with Crippen LogP contribution < -0.4 is 4.74 Å². The van der Waals surface area contributed by atoms with E-state index in [-0.39, 0.29) is 0 Å². The first-order valence-corrected chi connectivity index (χ1v) is 9.19. The molecule has 0 aliphatic heterocycles. The predicted molar refractivity (Wildman–Crippen MR) is 103 cm³/mol. The molecule has 2 aromatic rings. The van der Waals surface area contributed by atoms with Gasteiger partial charge in [-0.05, 0) is 56.0 Å². The number of hydrogen-bond acceptors (Lipinski definition) is 3. The number of carbonyl (C=O) groups excluding carboxylic acids is 1. The smallest absolute Gasteiger partial charge is 0.428 e. The van der Waals surface area contributed by atoms with Crippen molar-refractivity contribution in [2.24, 2.45) is 5.92 Å². The van der Waals surface area contributed by atoms with E-state index in [1.165, 1.54) is 5.56 Å². The summed E-state index contributed by atoms with van der Waals surface area (Å²) in [4.78, 5) is 12.1. The van der Waals surface area contributed by atoms with Gasteiger partial charge in [-0.2, -0.15) is 0 Å². The van der Waals surface area contributed by atoms with Gasteiger partial charge in [0, 0.05) is 5.39 Å². The minimum absolute atomic E-state index is 0.491. The van der Waals surface area contributed by atoms with E-state index in [4.69, 9.17) is 9.47 Å². The lowest BCUT2D eigenvalue weighted by Gasteiger charge is -2.24. The van der Waals surface area contributed by atoms with Crippen LogP contribution in [-0.4, -0.2) is 11.8 Å². The summed E-state index contributed by atoms with van der Waals surface area (Å²) in [7, 11) is 0. The predicted octanol–water partition coefficient (Wildman–Crippen LogP) is 6.69. The highest BCUT2D eigenvalue weighted by molar-refractivity contribution is 5.92. The Morgan fingerprint density at radius 2 is 1.64 bits per heavy atom. The van der Waals surface area contributed by atoms with Crippen molar-refractivity contribution in [3.63, 3.8) is 0 Å². The summed E-state index contributed by atoms with van der Waals surface area (Å²) in [5.41, 5.74) is 0.750. The van der Waals surface area contributed by atoms with Crippen LogP contribution in [0.5, 0.6) is 5.75 Å². The highest BCUT2D eigenvalue weighted by atomic mass is 16.7. The third-order valence-electron chi connectivity index (χ3n) is 4.67. The monoisotopic (exact) mass is 342 g/mol. The molecule has 0 heterocycles. The molecule has 3 nitrogen and oxygen atoms in total. The van der Waals surface area contributed by atoms with Crippen LogP contribution in [0, 0.1) is 5.92 Å². The minimum atomic E-state index is -0.667. The molecule has 0 fully saturated rings. The Hall–Kier alpha value is -2.03. The van der Waals surface area contributed by atoms with E-state index in [0.717, 1.165) is 23.6 Å². The van der Waals surface area contributed by atoms with E-state index in [1.54, 1.807) is 0 Å². The molecule has 0 spiro atoms. The van der Waals surface area contributed by atoms with Crippen molar-refractivity contribution < 1.29 is 14.3 Å². The maximum Gasteiger partial charge on any atom is 0.514 e. The maximum absolute atomic E-state index is 12.1. The van der Waals surface area contributed by atoms with Gasteiger partial charge in [0.25, 0.3) is 0 Å². The Morgan fingerprint density at radius 3 is 2.24 bits per heavy atom. The van der Waals surface area contributed by atoms with Gasteiger partial charge in [0.2, 0.25) is 0 Å². The van der Waals surface area contributed by atoms with Gasteiger partial charge in [-0.15, -0.1) is 0 Å². The van der Waals surface area contributed by atoms with Crippen molar-refractivity contribution in [3.8, 4) is 5.75 Å². The van der Waals surface area contributed by atoms with Gasteiger partial charge < -0.3 is 9.47 Å². The van der Waals surface area contributed by atoms with Crippen LogP contribution in [0.3, 0.4) is 0 Å². The number of benzene rings is 2. The van der Waals surface area contributed by atoms with Crippen LogP contribution in [0.25, 0.3) is 10.8 Å². The molecule has 136 valence electrons. The summed E-state index contributed by atoms with van der Waals surface area (Å²) in [5, 5.41) is 2.10. The standard InChI is InChI=1S/C22H30O3/c1-7-15(3)16(8-2)17-11-9-13-19-18(17)12-10-14-20(19)24-21(23)25-22(4,5)6/h9-16H,7-8H2,1-6H3. The number of hydrogen-bond donors (Lipinski definition) is 0. The highest BCUT2D eigenvalue weighted by Crippen LogP contribution is 2.37. The van der Waals surface area contributed by atoms with Crippen LogP contribution in [0.2, 0.25) is 0 Å². The van der Waals surface area contributed by atoms with Crippen molar-refractivity contribution in [2.45, 2.75) is 65.9 Å². The van der Waals surface area contributed by atoms with Gasteiger partial charge in [-0.1, -0.05) is 57.5 Å². The first-order valence-electron chi connectivity index (χ1n) is 9.19. The lowest BCUT2D eigenvalue weighted by atomic mass is 9.81. The molecule has 25 heavy (non-hydrogen) atoms. The van der Waals surface area contributed by atoms with Gasteiger partial charge in [0.05, 0.1) is 0 Å². The molecule has 0 radical (unpaired) electrons. The molecule has 2 atom stereocenters. The first-order chi connectivity index (χ1) is 11.8. The summed E-state index contributed by atoms with van der Waals surface area (Å²) in [5.74, 6) is 1.64. The van der Waals surface area contributed by atoms with Gasteiger partial charge in [0.1, 0.15) is 11.4 Å². The second-order valence-corrected chi connectivity index (χ2v) is 7.67. The van der Waals surface area contributed by atoms with Crippen LogP contribution in [0.15, 0.2) is 36.4 Å². The lowest BCUT2D eigenvalue weighted by molar-refractivity contribution is 0.0209. The Morgan fingerprint density at radius 1 is 1.00 bits per heavy atom. The second-order valence-electron chi connectivity index (χ2n) is 7.67. The van der Waals surface area contributed by atoms with Crippen molar-refractivity contribution >= 4 is 16.9 Å². The quantitative estimate of drug-likeness (QED) is 0.448. The summed E-state index contributed by atoms with van der Waals surface area (Å²) >= 11 is 0. The molecule has 0 aliphatic rings. The molecule has 3 heteroatoms. The van der Waals surface area contributed by atoms with E-state index in [9.17, 15) is 4.79 Å². The van der Waals surface area contributed by atoms with Crippen LogP contribution in [-0.2, 0) is 4.74 Å². The van der Waals surface area contributed by atoms with Gasteiger partial charge in [-0.3, -0.25) is 0 Å². The molecule has 0 bridgehead atoms. The normalized spacial score (nSPS) is 14.2. The molecule has 2 rings (SSSR count). The average Bonchev–Trinajstić information content (AvgIpc) is 2.54. The molecule has 0 aromatic heterocycles. The summed E-state index contributed by atoms with van der Waals surface area (Å²) < 4.78 is 10.8. The van der Waals surface area contributed by atoms with Gasteiger partial charge in [-0.25, -0.2) is 4.79 Å². The Balaban J connectivity index is 2.42. The molecular weight excluding hydrogens is 312 g/mol. The maximum atomic E-state index is 12.1. The minimum Gasteiger partial charge on any atom is -0.428 e. The Labute approximate surface area is 151 Å². The van der Waals surface area contributed by atoms with Gasteiger partial charge >= 0.3 is 6.16 Å². The molecule has 2 aromatic carbocycles. The van der Waals surface area contributed by atoms with Crippen molar-refractivity contribution in [1.29, 1.82) is 0 Å². The topological polar surface area (TPSA) is 35.5 Å². The average molecular weight is 342 g/mol. The van der Waals surface area contributed by atoms with Crippen molar-refractivity contribution in [3.05, 3.63) is 42.0 Å². The van der Waals surface area contributed by atoms with Crippen LogP contribution in [0.1, 0.15) is 65.9 Å². The molecule has 2 unspecified atom stereocenters. The second kappa shape index (κ2) is 7.90. The van der Waals surface area contributed by atoms with E-state index in [1.807, 2.05) is 45.0 Å². The largest absolute Gasteiger partial charge is 0.514 e. The van der Waals surface area contributed by atoms with Crippen LogP contribution >= 0.6 is 0 Å². The highest BCUT2D eigenvalue weighted by Gasteiger charge is 2.21. The van der Waals surface area contributed by atoms with Crippen LogP contribution in [0.4, 0.5) is 4.79 Å². The first kappa shape index (κ1) is 19.3. The number of carbonyl (C=O) groups is 1. The number of fused-ring (bicyclic) bond motifs is 1. The molecule has 0 saturated carbocycles. The van der Waals surface area contributed by atoms with Gasteiger partial charge in [0.15, 0.2) is 0 Å². The van der Waals surface area contributed by atoms with E-state index < -0.39 is 11.8 Å². The fourth-order valence-electron chi connectivity index (χ4n) is 3.29. The Kier molecular flexibility index (Phi) is 6.10. The summed E-state index contributed by atoms with van der Waals surface area (Å²) in [6.07, 6.45) is 1.56. The van der Waals surface area contributed by atoms with E-state index >= 15 is 0 Å². The molecule has 0 amide bonds.